The number of rotatable bonds is 4. The number of piperazine rings is 1. The van der Waals surface area contributed by atoms with Crippen LogP contribution in [0.2, 0.25) is 0 Å². The van der Waals surface area contributed by atoms with E-state index in [0.29, 0.717) is 30.3 Å². The molecule has 6 heteroatoms. The molecular weight excluding hydrogens is 308 g/mol. The Bertz CT molecular complexity index is 604. The number of benzene rings is 1. The molecule has 0 amide bonds. The van der Waals surface area contributed by atoms with Crippen LogP contribution < -0.4 is 0 Å². The first-order chi connectivity index (χ1) is 9.90. The summed E-state index contributed by atoms with van der Waals surface area (Å²) in [7, 11) is -1.42. The van der Waals surface area contributed by atoms with E-state index in [1.54, 1.807) is 10.4 Å². The minimum absolute atomic E-state index is 0.231. The van der Waals surface area contributed by atoms with Gasteiger partial charge in [0.1, 0.15) is 0 Å². The molecule has 1 aliphatic heterocycles. The zero-order chi connectivity index (χ0) is 15.6. The largest absolute Gasteiger partial charge is 0.301 e. The molecule has 1 unspecified atom stereocenters. The predicted molar refractivity (Wildman–Crippen MR) is 86.2 cm³/mol. The lowest BCUT2D eigenvalue weighted by atomic mass is 10.1. The van der Waals surface area contributed by atoms with E-state index in [2.05, 4.69) is 11.8 Å². The van der Waals surface area contributed by atoms with E-state index in [1.807, 2.05) is 26.1 Å². The van der Waals surface area contributed by atoms with Crippen LogP contribution in [0.3, 0.4) is 0 Å². The Hall–Kier alpha value is -0.620. The zero-order valence-corrected chi connectivity index (χ0v) is 14.4. The lowest BCUT2D eigenvalue weighted by Gasteiger charge is -2.37. The first-order valence-electron chi connectivity index (χ1n) is 7.28. The van der Waals surface area contributed by atoms with Crippen molar-refractivity contribution in [2.45, 2.75) is 37.1 Å². The van der Waals surface area contributed by atoms with Crippen LogP contribution in [0, 0.1) is 0 Å². The van der Waals surface area contributed by atoms with E-state index in [4.69, 9.17) is 11.6 Å². The Kier molecular flexibility index (Phi) is 5.30. The van der Waals surface area contributed by atoms with Gasteiger partial charge in [-0.1, -0.05) is 19.1 Å². The first kappa shape index (κ1) is 16.7. The molecule has 1 aliphatic rings. The summed E-state index contributed by atoms with van der Waals surface area (Å²) >= 11 is 5.86. The van der Waals surface area contributed by atoms with Gasteiger partial charge in [-0.2, -0.15) is 4.31 Å². The van der Waals surface area contributed by atoms with Crippen molar-refractivity contribution in [1.82, 2.24) is 9.21 Å². The molecule has 0 aromatic heterocycles. The second-order valence-corrected chi connectivity index (χ2v) is 7.80. The normalized spacial score (nSPS) is 21.6. The molecule has 0 radical (unpaired) electrons. The van der Waals surface area contributed by atoms with E-state index >= 15 is 0 Å². The van der Waals surface area contributed by atoms with Gasteiger partial charge in [-0.3, -0.25) is 0 Å². The molecule has 0 bridgehead atoms. The van der Waals surface area contributed by atoms with E-state index < -0.39 is 10.0 Å². The van der Waals surface area contributed by atoms with Gasteiger partial charge in [-0.05, 0) is 37.6 Å². The van der Waals surface area contributed by atoms with E-state index in [0.717, 1.165) is 17.7 Å². The first-order valence-corrected chi connectivity index (χ1v) is 9.25. The van der Waals surface area contributed by atoms with Crippen LogP contribution in [0.1, 0.15) is 25.0 Å². The number of hydrogen-bond donors (Lipinski definition) is 0. The number of aryl methyl sites for hydroxylation is 1. The maximum absolute atomic E-state index is 13.0. The third-order valence-corrected chi connectivity index (χ3v) is 6.46. The summed E-state index contributed by atoms with van der Waals surface area (Å²) in [5.41, 5.74) is 1.70. The predicted octanol–water partition coefficient (Wildman–Crippen LogP) is 2.31. The fourth-order valence-electron chi connectivity index (χ4n) is 2.59. The summed E-state index contributed by atoms with van der Waals surface area (Å²) in [4.78, 5) is 2.60. The Morgan fingerprint density at radius 3 is 2.62 bits per heavy atom. The lowest BCUT2D eigenvalue weighted by Crippen LogP contribution is -2.51. The molecule has 0 aliphatic carbocycles. The van der Waals surface area contributed by atoms with Gasteiger partial charge < -0.3 is 4.90 Å². The van der Waals surface area contributed by atoms with Crippen molar-refractivity contribution in [1.29, 1.82) is 0 Å². The summed E-state index contributed by atoms with van der Waals surface area (Å²) in [5.74, 6) is 0.325. The van der Waals surface area contributed by atoms with E-state index in [1.165, 1.54) is 0 Å². The van der Waals surface area contributed by atoms with Gasteiger partial charge >= 0.3 is 0 Å². The average molecular weight is 331 g/mol. The van der Waals surface area contributed by atoms with Gasteiger partial charge in [0.05, 0.1) is 4.90 Å². The van der Waals surface area contributed by atoms with Crippen LogP contribution in [0.25, 0.3) is 0 Å². The van der Waals surface area contributed by atoms with Crippen molar-refractivity contribution in [3.8, 4) is 0 Å². The Balaban J connectivity index is 2.39. The third kappa shape index (κ3) is 3.42. The van der Waals surface area contributed by atoms with Crippen LogP contribution in [0.5, 0.6) is 0 Å². The number of hydrogen-bond acceptors (Lipinski definition) is 3. The highest BCUT2D eigenvalue weighted by molar-refractivity contribution is 7.89. The van der Waals surface area contributed by atoms with Gasteiger partial charge in [-0.15, -0.1) is 11.6 Å². The minimum atomic E-state index is -3.45. The van der Waals surface area contributed by atoms with Crippen LogP contribution in [-0.2, 0) is 22.3 Å². The topological polar surface area (TPSA) is 40.6 Å². The molecule has 2 rings (SSSR count). The number of likely N-dealkylation sites (N-methyl/N-ethyl adjacent to an activating group) is 1. The fraction of sp³-hybridized carbons (Fsp3) is 0.600. The third-order valence-electron chi connectivity index (χ3n) is 4.21. The van der Waals surface area contributed by atoms with Crippen LogP contribution in [-0.4, -0.2) is 50.3 Å². The zero-order valence-electron chi connectivity index (χ0n) is 12.8. The van der Waals surface area contributed by atoms with Crippen molar-refractivity contribution in [3.05, 3.63) is 29.3 Å². The summed E-state index contributed by atoms with van der Waals surface area (Å²) in [6.45, 7) is 5.86. The molecule has 21 heavy (non-hydrogen) atoms. The van der Waals surface area contributed by atoms with E-state index in [-0.39, 0.29) is 6.04 Å². The molecule has 1 aromatic carbocycles. The molecule has 1 heterocycles. The van der Waals surface area contributed by atoms with Crippen molar-refractivity contribution < 1.29 is 8.42 Å². The van der Waals surface area contributed by atoms with Crippen molar-refractivity contribution in [2.75, 3.05) is 26.7 Å². The molecule has 118 valence electrons. The monoisotopic (exact) mass is 330 g/mol. The molecule has 1 aromatic rings. The molecular formula is C15H23ClN2O2S. The molecule has 0 N–H and O–H groups in total. The average Bonchev–Trinajstić information content (AvgIpc) is 2.49. The molecule has 1 atom stereocenters. The summed E-state index contributed by atoms with van der Waals surface area (Å²) in [5, 5.41) is 0. The SMILES string of the molecule is CCc1ccc(CCl)cc1S(=O)(=O)N1CCN(C)C(C)C1. The Labute approximate surface area is 132 Å². The molecule has 4 nitrogen and oxygen atoms in total. The van der Waals surface area contributed by atoms with Crippen LogP contribution in [0.15, 0.2) is 23.1 Å². The van der Waals surface area contributed by atoms with Crippen molar-refractivity contribution in [2.24, 2.45) is 0 Å². The Morgan fingerprint density at radius 2 is 2.05 bits per heavy atom. The second kappa shape index (κ2) is 6.65. The maximum Gasteiger partial charge on any atom is 0.243 e. The molecule has 0 spiro atoms. The number of nitrogens with zero attached hydrogens (tertiary/aromatic N) is 2. The smallest absolute Gasteiger partial charge is 0.243 e. The van der Waals surface area contributed by atoms with Gasteiger partial charge in [-0.25, -0.2) is 8.42 Å². The highest BCUT2D eigenvalue weighted by Crippen LogP contribution is 2.25. The number of halogens is 1. The summed E-state index contributed by atoms with van der Waals surface area (Å²) in [6, 6.07) is 5.74. The summed E-state index contributed by atoms with van der Waals surface area (Å²) in [6.07, 6.45) is 0.695. The van der Waals surface area contributed by atoms with Gasteiger partial charge in [0.15, 0.2) is 0 Å². The fourth-order valence-corrected chi connectivity index (χ4v) is 4.61. The minimum Gasteiger partial charge on any atom is -0.301 e. The Morgan fingerprint density at radius 1 is 1.33 bits per heavy atom. The number of sulfonamides is 1. The van der Waals surface area contributed by atoms with E-state index in [9.17, 15) is 8.42 Å². The lowest BCUT2D eigenvalue weighted by molar-refractivity contribution is 0.159. The molecule has 1 fully saturated rings. The van der Waals surface area contributed by atoms with Gasteiger partial charge in [0.25, 0.3) is 0 Å². The summed E-state index contributed by atoms with van der Waals surface area (Å²) < 4.78 is 27.5. The highest BCUT2D eigenvalue weighted by atomic mass is 35.5. The highest BCUT2D eigenvalue weighted by Gasteiger charge is 2.32. The molecule has 0 saturated carbocycles. The standard InChI is InChI=1S/C15H23ClN2O2S/c1-4-14-6-5-13(10-16)9-15(14)21(19,20)18-8-7-17(3)12(2)11-18/h5-6,9,12H,4,7-8,10-11H2,1-3H3. The number of alkyl halides is 1. The second-order valence-electron chi connectivity index (χ2n) is 5.62. The van der Waals surface area contributed by atoms with Crippen LogP contribution in [0.4, 0.5) is 0 Å². The van der Waals surface area contributed by atoms with Crippen molar-refractivity contribution in [3.63, 3.8) is 0 Å². The molecule has 1 saturated heterocycles. The van der Waals surface area contributed by atoms with Crippen LogP contribution >= 0.6 is 11.6 Å². The maximum atomic E-state index is 13.0. The van der Waals surface area contributed by atoms with Gasteiger partial charge in [0.2, 0.25) is 10.0 Å². The van der Waals surface area contributed by atoms with Crippen molar-refractivity contribution >= 4 is 21.6 Å². The van der Waals surface area contributed by atoms with Gasteiger partial charge in [0, 0.05) is 31.6 Å². The quantitative estimate of drug-likeness (QED) is 0.795.